The van der Waals surface area contributed by atoms with Crippen LogP contribution in [0.2, 0.25) is 0 Å². The molecule has 0 aliphatic carbocycles. The van der Waals surface area contributed by atoms with Gasteiger partial charge in [0.1, 0.15) is 12.7 Å². The Kier molecular flexibility index (Phi) is 5.24. The SMILES string of the molecule is CC(C)(C)C(=O)C(O)CC(=O)OCc1ccccc1. The molecule has 19 heavy (non-hydrogen) atoms. The normalized spacial score (nSPS) is 12.8. The zero-order valence-electron chi connectivity index (χ0n) is 11.6. The molecular weight excluding hydrogens is 244 g/mol. The molecule has 0 saturated carbocycles. The van der Waals surface area contributed by atoms with Gasteiger partial charge in [-0.05, 0) is 5.56 Å². The summed E-state index contributed by atoms with van der Waals surface area (Å²) in [7, 11) is 0. The lowest BCUT2D eigenvalue weighted by Crippen LogP contribution is -2.34. The highest BCUT2D eigenvalue weighted by Crippen LogP contribution is 2.18. The lowest BCUT2D eigenvalue weighted by Gasteiger charge is -2.20. The number of esters is 1. The molecule has 1 aromatic rings. The maximum atomic E-state index is 11.7. The zero-order valence-corrected chi connectivity index (χ0v) is 11.6. The summed E-state index contributed by atoms with van der Waals surface area (Å²) in [5.41, 5.74) is 0.201. The first-order valence-electron chi connectivity index (χ1n) is 6.22. The van der Waals surface area contributed by atoms with Gasteiger partial charge in [-0.15, -0.1) is 0 Å². The van der Waals surface area contributed by atoms with E-state index in [-0.39, 0.29) is 18.8 Å². The van der Waals surface area contributed by atoms with Gasteiger partial charge in [-0.3, -0.25) is 9.59 Å². The number of hydrogen-bond donors (Lipinski definition) is 1. The summed E-state index contributed by atoms with van der Waals surface area (Å²) in [5.74, 6) is -0.932. The second-order valence-electron chi connectivity index (χ2n) is 5.48. The van der Waals surface area contributed by atoms with Gasteiger partial charge < -0.3 is 9.84 Å². The van der Waals surface area contributed by atoms with Crippen LogP contribution in [0, 0.1) is 5.41 Å². The van der Waals surface area contributed by atoms with Crippen molar-refractivity contribution in [1.82, 2.24) is 0 Å². The number of carbonyl (C=O) groups is 2. The van der Waals surface area contributed by atoms with Crippen LogP contribution in [-0.2, 0) is 20.9 Å². The Labute approximate surface area is 113 Å². The average Bonchev–Trinajstić information content (AvgIpc) is 2.35. The van der Waals surface area contributed by atoms with Crippen molar-refractivity contribution in [2.45, 2.75) is 39.9 Å². The summed E-state index contributed by atoms with van der Waals surface area (Å²) in [5, 5.41) is 9.67. The molecule has 0 heterocycles. The van der Waals surface area contributed by atoms with Crippen molar-refractivity contribution >= 4 is 11.8 Å². The minimum atomic E-state index is -1.30. The molecule has 0 fully saturated rings. The van der Waals surface area contributed by atoms with Gasteiger partial charge in [0.2, 0.25) is 0 Å². The molecule has 4 heteroatoms. The van der Waals surface area contributed by atoms with Gasteiger partial charge in [-0.2, -0.15) is 0 Å². The van der Waals surface area contributed by atoms with Crippen molar-refractivity contribution in [3.8, 4) is 0 Å². The molecule has 0 aliphatic rings. The van der Waals surface area contributed by atoms with Crippen LogP contribution in [-0.4, -0.2) is 23.0 Å². The monoisotopic (exact) mass is 264 g/mol. The maximum absolute atomic E-state index is 11.7. The highest BCUT2D eigenvalue weighted by Gasteiger charge is 2.30. The van der Waals surface area contributed by atoms with Crippen LogP contribution in [0.5, 0.6) is 0 Å². The molecule has 1 N–H and O–H groups in total. The molecule has 1 aromatic carbocycles. The van der Waals surface area contributed by atoms with Crippen molar-refractivity contribution in [2.75, 3.05) is 0 Å². The Morgan fingerprint density at radius 1 is 1.21 bits per heavy atom. The fourth-order valence-corrected chi connectivity index (χ4v) is 1.55. The van der Waals surface area contributed by atoms with Gasteiger partial charge in [-0.25, -0.2) is 0 Å². The number of benzene rings is 1. The number of ketones is 1. The van der Waals surface area contributed by atoms with Gasteiger partial charge >= 0.3 is 5.97 Å². The summed E-state index contributed by atoms with van der Waals surface area (Å²) in [6, 6.07) is 9.24. The van der Waals surface area contributed by atoms with Crippen LogP contribution < -0.4 is 0 Å². The second-order valence-corrected chi connectivity index (χ2v) is 5.48. The van der Waals surface area contributed by atoms with Crippen LogP contribution in [0.15, 0.2) is 30.3 Å². The smallest absolute Gasteiger partial charge is 0.309 e. The molecule has 0 amide bonds. The van der Waals surface area contributed by atoms with E-state index in [0.717, 1.165) is 5.56 Å². The van der Waals surface area contributed by atoms with Gasteiger partial charge in [0.05, 0.1) is 6.42 Å². The minimum Gasteiger partial charge on any atom is -0.461 e. The lowest BCUT2D eigenvalue weighted by molar-refractivity contribution is -0.151. The molecule has 0 spiro atoms. The molecule has 0 radical (unpaired) electrons. The van der Waals surface area contributed by atoms with Gasteiger partial charge in [0.15, 0.2) is 5.78 Å². The van der Waals surface area contributed by atoms with E-state index in [2.05, 4.69) is 0 Å². The Morgan fingerprint density at radius 2 is 1.79 bits per heavy atom. The third-order valence-electron chi connectivity index (χ3n) is 2.64. The van der Waals surface area contributed by atoms with E-state index in [1.165, 1.54) is 0 Å². The van der Waals surface area contributed by atoms with Gasteiger partial charge in [0.25, 0.3) is 0 Å². The maximum Gasteiger partial charge on any atom is 0.309 e. The zero-order chi connectivity index (χ0) is 14.5. The summed E-state index contributed by atoms with van der Waals surface area (Å²) in [6.45, 7) is 5.26. The average molecular weight is 264 g/mol. The lowest BCUT2D eigenvalue weighted by atomic mass is 9.87. The summed E-state index contributed by atoms with van der Waals surface area (Å²) in [6.07, 6.45) is -1.61. The first-order valence-corrected chi connectivity index (χ1v) is 6.22. The van der Waals surface area contributed by atoms with E-state index >= 15 is 0 Å². The van der Waals surface area contributed by atoms with E-state index in [0.29, 0.717) is 0 Å². The van der Waals surface area contributed by atoms with Crippen LogP contribution in [0.25, 0.3) is 0 Å². The summed E-state index contributed by atoms with van der Waals surface area (Å²) >= 11 is 0. The number of rotatable bonds is 5. The fourth-order valence-electron chi connectivity index (χ4n) is 1.55. The van der Waals surface area contributed by atoms with Crippen molar-refractivity contribution in [3.05, 3.63) is 35.9 Å². The molecule has 1 atom stereocenters. The highest BCUT2D eigenvalue weighted by molar-refractivity contribution is 5.90. The molecule has 1 rings (SSSR count). The third kappa shape index (κ3) is 5.22. The molecule has 0 aliphatic heterocycles. The molecule has 0 saturated heterocycles. The number of hydrogen-bond acceptors (Lipinski definition) is 4. The van der Waals surface area contributed by atoms with Gasteiger partial charge in [-0.1, -0.05) is 51.1 Å². The topological polar surface area (TPSA) is 63.6 Å². The number of aliphatic hydroxyl groups is 1. The standard InChI is InChI=1S/C15H20O4/c1-15(2,3)14(18)12(16)9-13(17)19-10-11-7-5-4-6-8-11/h4-8,12,16H,9-10H2,1-3H3. The van der Waals surface area contributed by atoms with Crippen LogP contribution in [0.1, 0.15) is 32.8 Å². The third-order valence-corrected chi connectivity index (χ3v) is 2.64. The quantitative estimate of drug-likeness (QED) is 0.827. The van der Waals surface area contributed by atoms with Crippen molar-refractivity contribution in [3.63, 3.8) is 0 Å². The van der Waals surface area contributed by atoms with E-state index in [1.54, 1.807) is 20.8 Å². The first-order chi connectivity index (χ1) is 8.80. The number of carbonyl (C=O) groups excluding carboxylic acids is 2. The molecule has 104 valence electrons. The minimum absolute atomic E-state index is 0.149. The predicted octanol–water partition coefficient (Wildman–Crippen LogP) is 2.10. The van der Waals surface area contributed by atoms with Crippen molar-refractivity contribution < 1.29 is 19.4 Å². The van der Waals surface area contributed by atoms with Crippen LogP contribution in [0.4, 0.5) is 0 Å². The van der Waals surface area contributed by atoms with Gasteiger partial charge in [0, 0.05) is 5.41 Å². The van der Waals surface area contributed by atoms with E-state index in [4.69, 9.17) is 4.74 Å². The summed E-state index contributed by atoms with van der Waals surface area (Å²) in [4.78, 5) is 23.2. The predicted molar refractivity (Wildman–Crippen MR) is 71.3 cm³/mol. The number of ether oxygens (including phenoxy) is 1. The Morgan fingerprint density at radius 3 is 2.32 bits per heavy atom. The number of aliphatic hydroxyl groups excluding tert-OH is 1. The van der Waals surface area contributed by atoms with Crippen molar-refractivity contribution in [1.29, 1.82) is 0 Å². The first kappa shape index (κ1) is 15.4. The Balaban J connectivity index is 2.42. The Hall–Kier alpha value is -1.68. The molecule has 0 aromatic heterocycles. The number of Topliss-reactive ketones (excluding diaryl/α,β-unsaturated/α-hetero) is 1. The van der Waals surface area contributed by atoms with E-state index in [9.17, 15) is 14.7 Å². The molecular formula is C15H20O4. The van der Waals surface area contributed by atoms with E-state index in [1.807, 2.05) is 30.3 Å². The van der Waals surface area contributed by atoms with E-state index < -0.39 is 17.5 Å². The summed E-state index contributed by atoms with van der Waals surface area (Å²) < 4.78 is 5.01. The Bertz CT molecular complexity index is 431. The molecule has 4 nitrogen and oxygen atoms in total. The second kappa shape index (κ2) is 6.48. The largest absolute Gasteiger partial charge is 0.461 e. The van der Waals surface area contributed by atoms with Crippen LogP contribution in [0.3, 0.4) is 0 Å². The van der Waals surface area contributed by atoms with Crippen molar-refractivity contribution in [2.24, 2.45) is 5.41 Å². The highest BCUT2D eigenvalue weighted by atomic mass is 16.5. The van der Waals surface area contributed by atoms with Crippen LogP contribution >= 0.6 is 0 Å². The molecule has 0 bridgehead atoms. The molecule has 1 unspecified atom stereocenters. The fraction of sp³-hybridized carbons (Fsp3) is 0.467.